The molecular weight excluding hydrogens is 192 g/mol. The number of hydrogen-bond donors (Lipinski definition) is 0. The molecule has 0 atom stereocenters. The molecule has 0 fully saturated rings. The fourth-order valence-corrected chi connectivity index (χ4v) is 0.858. The number of hydrogen-bond acceptors (Lipinski definition) is 2. The molecule has 0 unspecified atom stereocenters. The van der Waals surface area contributed by atoms with Crippen LogP contribution in [0.4, 0.5) is 4.39 Å². The van der Waals surface area contributed by atoms with Crippen molar-refractivity contribution in [3.63, 3.8) is 0 Å². The van der Waals surface area contributed by atoms with Crippen molar-refractivity contribution in [2.75, 3.05) is 6.86 Å². The van der Waals surface area contributed by atoms with Gasteiger partial charge in [0.25, 0.3) is 0 Å². The van der Waals surface area contributed by atoms with Gasteiger partial charge in [0.1, 0.15) is 5.02 Å². The molecule has 1 heterocycles. The molecule has 0 N–H and O–H groups in total. The van der Waals surface area contributed by atoms with Crippen molar-refractivity contribution in [3.8, 4) is 5.88 Å². The second kappa shape index (κ2) is 3.74. The molecule has 0 saturated carbocycles. The summed E-state index contributed by atoms with van der Waals surface area (Å²) in [5.74, 6) is 0.0154. The Morgan fingerprint density at radius 1 is 1.55 bits per heavy atom. The third kappa shape index (κ3) is 1.94. The van der Waals surface area contributed by atoms with E-state index in [-0.39, 0.29) is 10.9 Å². The lowest BCUT2D eigenvalue weighted by Gasteiger charge is -2.01. The zero-order valence-electron chi connectivity index (χ0n) is 5.35. The third-order valence-corrected chi connectivity index (χ3v) is 1.78. The minimum absolute atomic E-state index is 0.0154. The molecule has 0 bridgehead atoms. The first-order valence-corrected chi connectivity index (χ1v) is 3.50. The largest absolute Gasteiger partial charge is 0.445 e. The maximum atomic E-state index is 11.6. The molecule has 1 aromatic rings. The number of pyridine rings is 1. The summed E-state index contributed by atoms with van der Waals surface area (Å²) < 4.78 is 16.0. The lowest BCUT2D eigenvalue weighted by atomic mass is 10.5. The Hall–Kier alpha value is -0.540. The van der Waals surface area contributed by atoms with E-state index in [1.54, 1.807) is 0 Å². The van der Waals surface area contributed by atoms with Gasteiger partial charge < -0.3 is 4.74 Å². The minimum atomic E-state index is -0.965. The molecule has 0 amide bonds. The van der Waals surface area contributed by atoms with Crippen LogP contribution in [0, 0.1) is 0 Å². The van der Waals surface area contributed by atoms with Crippen molar-refractivity contribution in [3.05, 3.63) is 22.3 Å². The number of aromatic nitrogens is 1. The van der Waals surface area contributed by atoms with E-state index in [4.69, 9.17) is 23.2 Å². The van der Waals surface area contributed by atoms with Crippen LogP contribution in [0.1, 0.15) is 0 Å². The fourth-order valence-electron chi connectivity index (χ4n) is 0.555. The van der Waals surface area contributed by atoms with E-state index in [9.17, 15) is 4.39 Å². The SMILES string of the molecule is FCOc1nccc(Cl)c1Cl. The summed E-state index contributed by atoms with van der Waals surface area (Å²) >= 11 is 11.2. The van der Waals surface area contributed by atoms with Crippen LogP contribution in [0.5, 0.6) is 5.88 Å². The number of rotatable bonds is 2. The van der Waals surface area contributed by atoms with Crippen molar-refractivity contribution < 1.29 is 9.13 Å². The maximum absolute atomic E-state index is 11.6. The molecule has 0 aliphatic rings. The van der Waals surface area contributed by atoms with E-state index in [2.05, 4.69) is 9.72 Å². The van der Waals surface area contributed by atoms with Crippen molar-refractivity contribution >= 4 is 23.2 Å². The Morgan fingerprint density at radius 3 is 2.91 bits per heavy atom. The van der Waals surface area contributed by atoms with Gasteiger partial charge in [-0.05, 0) is 6.07 Å². The first-order chi connectivity index (χ1) is 5.25. The highest BCUT2D eigenvalue weighted by molar-refractivity contribution is 6.42. The van der Waals surface area contributed by atoms with Crippen LogP contribution in [0.15, 0.2) is 12.3 Å². The quantitative estimate of drug-likeness (QED) is 0.725. The van der Waals surface area contributed by atoms with Gasteiger partial charge in [-0.1, -0.05) is 23.2 Å². The average molecular weight is 196 g/mol. The zero-order chi connectivity index (χ0) is 8.27. The molecule has 0 aliphatic heterocycles. The van der Waals surface area contributed by atoms with Crippen LogP contribution in [-0.4, -0.2) is 11.8 Å². The van der Waals surface area contributed by atoms with Gasteiger partial charge in [-0.2, -0.15) is 0 Å². The molecule has 2 nitrogen and oxygen atoms in total. The first kappa shape index (κ1) is 8.56. The van der Waals surface area contributed by atoms with Crippen molar-refractivity contribution in [2.24, 2.45) is 0 Å². The maximum Gasteiger partial charge on any atom is 0.236 e. The van der Waals surface area contributed by atoms with E-state index in [0.29, 0.717) is 5.02 Å². The second-order valence-electron chi connectivity index (χ2n) is 1.67. The van der Waals surface area contributed by atoms with Gasteiger partial charge >= 0.3 is 0 Å². The van der Waals surface area contributed by atoms with Crippen LogP contribution in [0.25, 0.3) is 0 Å². The average Bonchev–Trinajstić information content (AvgIpc) is 1.99. The molecule has 11 heavy (non-hydrogen) atoms. The predicted molar refractivity (Wildman–Crippen MR) is 40.9 cm³/mol. The fraction of sp³-hybridized carbons (Fsp3) is 0.167. The molecule has 0 aromatic carbocycles. The van der Waals surface area contributed by atoms with Gasteiger partial charge in [0.15, 0.2) is 0 Å². The number of ether oxygens (including phenoxy) is 1. The van der Waals surface area contributed by atoms with Crippen LogP contribution < -0.4 is 4.74 Å². The van der Waals surface area contributed by atoms with Crippen LogP contribution >= 0.6 is 23.2 Å². The molecule has 0 spiro atoms. The van der Waals surface area contributed by atoms with E-state index in [1.165, 1.54) is 12.3 Å². The monoisotopic (exact) mass is 195 g/mol. The van der Waals surface area contributed by atoms with Gasteiger partial charge in [-0.25, -0.2) is 9.37 Å². The second-order valence-corrected chi connectivity index (χ2v) is 2.45. The van der Waals surface area contributed by atoms with Crippen LogP contribution in [-0.2, 0) is 0 Å². The lowest BCUT2D eigenvalue weighted by molar-refractivity contribution is 0.185. The Bertz CT molecular complexity index is 256. The standard InChI is InChI=1S/C6H4Cl2FNO/c7-4-1-2-10-6(5(4)8)11-3-9/h1-2H,3H2. The first-order valence-electron chi connectivity index (χ1n) is 2.74. The Labute approximate surface area is 72.9 Å². The lowest BCUT2D eigenvalue weighted by Crippen LogP contribution is -1.93. The van der Waals surface area contributed by atoms with E-state index < -0.39 is 6.86 Å². The highest BCUT2D eigenvalue weighted by Crippen LogP contribution is 2.28. The third-order valence-electron chi connectivity index (χ3n) is 1.00. The number of alkyl halides is 1. The summed E-state index contributed by atoms with van der Waals surface area (Å²) in [5.41, 5.74) is 0. The van der Waals surface area contributed by atoms with E-state index in [0.717, 1.165) is 0 Å². The zero-order valence-corrected chi connectivity index (χ0v) is 6.86. The Morgan fingerprint density at radius 2 is 2.27 bits per heavy atom. The van der Waals surface area contributed by atoms with Crippen molar-refractivity contribution in [1.82, 2.24) is 4.98 Å². The Balaban J connectivity index is 2.96. The summed E-state index contributed by atoms with van der Waals surface area (Å²) in [6.45, 7) is -0.965. The smallest absolute Gasteiger partial charge is 0.236 e. The van der Waals surface area contributed by atoms with Crippen LogP contribution in [0.2, 0.25) is 10.0 Å². The van der Waals surface area contributed by atoms with Gasteiger partial charge in [-0.15, -0.1) is 0 Å². The minimum Gasteiger partial charge on any atom is -0.445 e. The summed E-state index contributed by atoms with van der Waals surface area (Å²) in [6, 6.07) is 1.50. The summed E-state index contributed by atoms with van der Waals surface area (Å²) in [6.07, 6.45) is 1.39. The van der Waals surface area contributed by atoms with Gasteiger partial charge in [-0.3, -0.25) is 0 Å². The molecule has 1 rings (SSSR count). The molecule has 5 heteroatoms. The molecular formula is C6H4Cl2FNO. The Kier molecular flexibility index (Phi) is 2.91. The van der Waals surface area contributed by atoms with Gasteiger partial charge in [0.05, 0.1) is 5.02 Å². The number of halogens is 3. The van der Waals surface area contributed by atoms with Gasteiger partial charge in [0, 0.05) is 6.20 Å². The predicted octanol–water partition coefficient (Wildman–Crippen LogP) is 2.69. The van der Waals surface area contributed by atoms with Crippen molar-refractivity contribution in [1.29, 1.82) is 0 Å². The topological polar surface area (TPSA) is 22.1 Å². The molecule has 0 radical (unpaired) electrons. The van der Waals surface area contributed by atoms with Crippen molar-refractivity contribution in [2.45, 2.75) is 0 Å². The molecule has 1 aromatic heterocycles. The molecule has 60 valence electrons. The summed E-state index contributed by atoms with van der Waals surface area (Å²) in [7, 11) is 0. The van der Waals surface area contributed by atoms with E-state index >= 15 is 0 Å². The van der Waals surface area contributed by atoms with Crippen LogP contribution in [0.3, 0.4) is 0 Å². The normalized spacial score (nSPS) is 9.73. The van der Waals surface area contributed by atoms with Gasteiger partial charge in [0.2, 0.25) is 12.7 Å². The highest BCUT2D eigenvalue weighted by atomic mass is 35.5. The highest BCUT2D eigenvalue weighted by Gasteiger charge is 2.05. The summed E-state index contributed by atoms with van der Waals surface area (Å²) in [4.78, 5) is 3.65. The molecule has 0 aliphatic carbocycles. The summed E-state index contributed by atoms with van der Waals surface area (Å²) in [5, 5.41) is 0.428. The molecule has 0 saturated heterocycles. The van der Waals surface area contributed by atoms with E-state index in [1.807, 2.05) is 0 Å². The number of nitrogens with zero attached hydrogens (tertiary/aromatic N) is 1.